The van der Waals surface area contributed by atoms with E-state index in [0.717, 1.165) is 11.1 Å². The molecule has 0 saturated heterocycles. The Morgan fingerprint density at radius 1 is 1.35 bits per heavy atom. The second kappa shape index (κ2) is 5.05. The van der Waals surface area contributed by atoms with Crippen LogP contribution in [0.1, 0.15) is 44.7 Å². The largest absolute Gasteiger partial charge is 0.493 e. The number of methoxy groups -OCH3 is 1. The number of hydrogen-bond acceptors (Lipinski definition) is 2. The van der Waals surface area contributed by atoms with Crippen LogP contribution in [0.15, 0.2) is 12.1 Å². The van der Waals surface area contributed by atoms with Crippen molar-refractivity contribution < 1.29 is 9.13 Å². The standard InChI is InChI=1S/C14H22FNO/c1-9(2)10-6-11(8-14(3,4)16)13(17-5)12(15)7-10/h6-7,9H,8,16H2,1-5H3. The van der Waals surface area contributed by atoms with Crippen molar-refractivity contribution in [3.63, 3.8) is 0 Å². The first-order chi connectivity index (χ1) is 7.74. The Hall–Kier alpha value is -1.09. The van der Waals surface area contributed by atoms with E-state index in [9.17, 15) is 4.39 Å². The van der Waals surface area contributed by atoms with E-state index in [1.165, 1.54) is 13.2 Å². The fraction of sp³-hybridized carbons (Fsp3) is 0.571. The summed E-state index contributed by atoms with van der Waals surface area (Å²) in [7, 11) is 1.49. The predicted octanol–water partition coefficient (Wildman–Crippen LogP) is 3.24. The van der Waals surface area contributed by atoms with Gasteiger partial charge in [0.2, 0.25) is 0 Å². The Morgan fingerprint density at radius 2 is 1.94 bits per heavy atom. The third-order valence-corrected chi connectivity index (χ3v) is 2.66. The van der Waals surface area contributed by atoms with Crippen LogP contribution in [0.2, 0.25) is 0 Å². The lowest BCUT2D eigenvalue weighted by Gasteiger charge is -2.21. The summed E-state index contributed by atoms with van der Waals surface area (Å²) in [6, 6.07) is 3.53. The number of benzene rings is 1. The molecule has 2 N–H and O–H groups in total. The van der Waals surface area contributed by atoms with Crippen molar-refractivity contribution in [1.29, 1.82) is 0 Å². The summed E-state index contributed by atoms with van der Waals surface area (Å²) in [5, 5.41) is 0. The topological polar surface area (TPSA) is 35.2 Å². The van der Waals surface area contributed by atoms with Crippen molar-refractivity contribution in [3.05, 3.63) is 29.1 Å². The van der Waals surface area contributed by atoms with Gasteiger partial charge < -0.3 is 10.5 Å². The second-order valence-electron chi connectivity index (χ2n) is 5.52. The quantitative estimate of drug-likeness (QED) is 0.875. The van der Waals surface area contributed by atoms with E-state index in [1.807, 2.05) is 33.8 Å². The molecule has 17 heavy (non-hydrogen) atoms. The van der Waals surface area contributed by atoms with Gasteiger partial charge in [0.25, 0.3) is 0 Å². The molecule has 0 atom stereocenters. The van der Waals surface area contributed by atoms with E-state index in [4.69, 9.17) is 10.5 Å². The van der Waals surface area contributed by atoms with Gasteiger partial charge in [0.1, 0.15) is 0 Å². The first-order valence-electron chi connectivity index (χ1n) is 5.90. The smallest absolute Gasteiger partial charge is 0.165 e. The molecule has 0 aromatic heterocycles. The highest BCUT2D eigenvalue weighted by molar-refractivity contribution is 5.40. The summed E-state index contributed by atoms with van der Waals surface area (Å²) >= 11 is 0. The highest BCUT2D eigenvalue weighted by Gasteiger charge is 2.19. The van der Waals surface area contributed by atoms with Crippen molar-refractivity contribution in [3.8, 4) is 5.75 Å². The molecule has 1 rings (SSSR count). The van der Waals surface area contributed by atoms with E-state index in [-0.39, 0.29) is 17.3 Å². The Labute approximate surface area is 103 Å². The molecule has 0 spiro atoms. The highest BCUT2D eigenvalue weighted by atomic mass is 19.1. The minimum absolute atomic E-state index is 0.287. The van der Waals surface area contributed by atoms with Crippen LogP contribution < -0.4 is 10.5 Å². The van der Waals surface area contributed by atoms with Crippen molar-refractivity contribution in [2.75, 3.05) is 7.11 Å². The van der Waals surface area contributed by atoms with Crippen LogP contribution in [0.4, 0.5) is 4.39 Å². The SMILES string of the molecule is COc1c(F)cc(C(C)C)cc1CC(C)(C)N. The zero-order valence-corrected chi connectivity index (χ0v) is 11.3. The van der Waals surface area contributed by atoms with Crippen LogP contribution in [0.3, 0.4) is 0 Å². The van der Waals surface area contributed by atoms with E-state index in [0.29, 0.717) is 12.2 Å². The highest BCUT2D eigenvalue weighted by Crippen LogP contribution is 2.29. The molecule has 0 heterocycles. The molecule has 1 aromatic rings. The molecule has 0 amide bonds. The molecular formula is C14H22FNO. The fourth-order valence-corrected chi connectivity index (χ4v) is 1.86. The van der Waals surface area contributed by atoms with Crippen LogP contribution >= 0.6 is 0 Å². The Bertz CT molecular complexity index is 394. The minimum atomic E-state index is -0.380. The normalized spacial score (nSPS) is 12.0. The maximum atomic E-state index is 13.9. The maximum Gasteiger partial charge on any atom is 0.165 e. The van der Waals surface area contributed by atoms with E-state index in [2.05, 4.69) is 0 Å². The van der Waals surface area contributed by atoms with Crippen molar-refractivity contribution in [2.45, 2.75) is 45.6 Å². The lowest BCUT2D eigenvalue weighted by molar-refractivity contribution is 0.375. The first-order valence-corrected chi connectivity index (χ1v) is 5.90. The van der Waals surface area contributed by atoms with Crippen molar-refractivity contribution >= 4 is 0 Å². The van der Waals surface area contributed by atoms with E-state index in [1.54, 1.807) is 0 Å². The molecule has 0 aliphatic heterocycles. The predicted molar refractivity (Wildman–Crippen MR) is 69.0 cm³/mol. The van der Waals surface area contributed by atoms with Gasteiger partial charge in [-0.1, -0.05) is 19.9 Å². The summed E-state index contributed by atoms with van der Waals surface area (Å²) in [6.07, 6.45) is 0.591. The first kappa shape index (κ1) is 14.0. The summed E-state index contributed by atoms with van der Waals surface area (Å²) in [6.45, 7) is 7.93. The third-order valence-electron chi connectivity index (χ3n) is 2.66. The van der Waals surface area contributed by atoms with Crippen molar-refractivity contribution in [1.82, 2.24) is 0 Å². The molecule has 0 unspecified atom stereocenters. The average molecular weight is 239 g/mol. The Kier molecular flexibility index (Phi) is 4.15. The number of ether oxygens (including phenoxy) is 1. The summed E-state index contributed by atoms with van der Waals surface area (Å²) in [5.74, 6) is 0.293. The van der Waals surface area contributed by atoms with Gasteiger partial charge in [0, 0.05) is 5.54 Å². The summed E-state index contributed by atoms with van der Waals surface area (Å²) < 4.78 is 19.0. The van der Waals surface area contributed by atoms with Crippen LogP contribution in [0.25, 0.3) is 0 Å². The summed E-state index contributed by atoms with van der Waals surface area (Å²) in [4.78, 5) is 0. The monoisotopic (exact) mass is 239 g/mol. The van der Waals surface area contributed by atoms with Crippen LogP contribution in [0, 0.1) is 5.82 Å². The van der Waals surface area contributed by atoms with Gasteiger partial charge in [-0.15, -0.1) is 0 Å². The lowest BCUT2D eigenvalue weighted by Crippen LogP contribution is -2.34. The zero-order chi connectivity index (χ0) is 13.2. The van der Waals surface area contributed by atoms with Gasteiger partial charge in [-0.2, -0.15) is 0 Å². The third kappa shape index (κ3) is 3.70. The number of hydrogen-bond donors (Lipinski definition) is 1. The van der Waals surface area contributed by atoms with Gasteiger partial charge in [-0.05, 0) is 43.4 Å². The maximum absolute atomic E-state index is 13.9. The zero-order valence-electron chi connectivity index (χ0n) is 11.3. The molecule has 3 heteroatoms. The molecule has 0 aliphatic rings. The fourth-order valence-electron chi connectivity index (χ4n) is 1.86. The lowest BCUT2D eigenvalue weighted by atomic mass is 9.92. The van der Waals surface area contributed by atoms with E-state index < -0.39 is 0 Å². The minimum Gasteiger partial charge on any atom is -0.493 e. The number of rotatable bonds is 4. The molecule has 0 aliphatic carbocycles. The van der Waals surface area contributed by atoms with Gasteiger partial charge in [0.05, 0.1) is 7.11 Å². The molecule has 0 saturated carbocycles. The summed E-state index contributed by atoms with van der Waals surface area (Å²) in [5.41, 5.74) is 7.42. The molecule has 0 bridgehead atoms. The molecular weight excluding hydrogens is 217 g/mol. The molecule has 0 radical (unpaired) electrons. The molecule has 2 nitrogen and oxygen atoms in total. The van der Waals surface area contributed by atoms with Crippen LogP contribution in [-0.2, 0) is 6.42 Å². The molecule has 0 fully saturated rings. The van der Waals surface area contributed by atoms with Gasteiger partial charge >= 0.3 is 0 Å². The van der Waals surface area contributed by atoms with Crippen molar-refractivity contribution in [2.24, 2.45) is 5.73 Å². The van der Waals surface area contributed by atoms with E-state index >= 15 is 0 Å². The van der Waals surface area contributed by atoms with Gasteiger partial charge in [0.15, 0.2) is 11.6 Å². The van der Waals surface area contributed by atoms with Crippen LogP contribution in [0.5, 0.6) is 5.75 Å². The Morgan fingerprint density at radius 3 is 2.35 bits per heavy atom. The Balaban J connectivity index is 3.24. The second-order valence-corrected chi connectivity index (χ2v) is 5.52. The number of nitrogens with two attached hydrogens (primary N) is 1. The van der Waals surface area contributed by atoms with Gasteiger partial charge in [-0.3, -0.25) is 0 Å². The molecule has 96 valence electrons. The average Bonchev–Trinajstić information content (AvgIpc) is 2.14. The van der Waals surface area contributed by atoms with Crippen LogP contribution in [-0.4, -0.2) is 12.6 Å². The molecule has 1 aromatic carbocycles. The van der Waals surface area contributed by atoms with Gasteiger partial charge in [-0.25, -0.2) is 4.39 Å². The number of halogens is 1.